The van der Waals surface area contributed by atoms with Gasteiger partial charge in [0.15, 0.2) is 5.82 Å². The Morgan fingerprint density at radius 1 is 1.55 bits per heavy atom. The zero-order chi connectivity index (χ0) is 7.84. The van der Waals surface area contributed by atoms with Gasteiger partial charge in [0.05, 0.1) is 5.52 Å². The smallest absolute Gasteiger partial charge is 0.166 e. The van der Waals surface area contributed by atoms with Gasteiger partial charge in [0.1, 0.15) is 5.52 Å². The molecule has 11 heavy (non-hydrogen) atoms. The third-order valence-electron chi connectivity index (χ3n) is 1.61. The van der Waals surface area contributed by atoms with Crippen molar-refractivity contribution in [2.45, 2.75) is 6.92 Å². The number of aromatic nitrogens is 2. The summed E-state index contributed by atoms with van der Waals surface area (Å²) < 4.78 is 12.8. The molecule has 0 aliphatic heterocycles. The summed E-state index contributed by atoms with van der Waals surface area (Å²) in [4.78, 5) is 6.73. The van der Waals surface area contributed by atoms with Gasteiger partial charge in [0, 0.05) is 12.4 Å². The normalized spacial score (nSPS) is 10.7. The summed E-state index contributed by atoms with van der Waals surface area (Å²) in [5.41, 5.74) is 2.19. The first kappa shape index (κ1) is 6.34. The van der Waals surface area contributed by atoms with Crippen LogP contribution in [-0.4, -0.2) is 9.97 Å². The molecule has 2 aromatic rings. The van der Waals surface area contributed by atoms with Crippen LogP contribution in [0.1, 0.15) is 5.56 Å². The number of pyridine rings is 1. The SMILES string of the molecule is Cc1cnc2c(F)c[nH]c2c1. The molecule has 0 radical (unpaired) electrons. The van der Waals surface area contributed by atoms with Crippen LogP contribution in [0.4, 0.5) is 4.39 Å². The number of hydrogen-bond acceptors (Lipinski definition) is 1. The summed E-state index contributed by atoms with van der Waals surface area (Å²) in [6.07, 6.45) is 2.97. The van der Waals surface area contributed by atoms with Crippen LogP contribution in [0.3, 0.4) is 0 Å². The van der Waals surface area contributed by atoms with E-state index in [2.05, 4.69) is 9.97 Å². The Hall–Kier alpha value is -1.38. The van der Waals surface area contributed by atoms with E-state index in [1.54, 1.807) is 6.20 Å². The minimum atomic E-state index is -0.292. The van der Waals surface area contributed by atoms with Gasteiger partial charge in [0.25, 0.3) is 0 Å². The van der Waals surface area contributed by atoms with E-state index < -0.39 is 0 Å². The molecular weight excluding hydrogens is 143 g/mol. The monoisotopic (exact) mass is 150 g/mol. The summed E-state index contributed by atoms with van der Waals surface area (Å²) in [7, 11) is 0. The lowest BCUT2D eigenvalue weighted by molar-refractivity contribution is 0.636. The van der Waals surface area contributed by atoms with Crippen LogP contribution in [-0.2, 0) is 0 Å². The topological polar surface area (TPSA) is 28.7 Å². The van der Waals surface area contributed by atoms with Crippen LogP contribution >= 0.6 is 0 Å². The predicted octanol–water partition coefficient (Wildman–Crippen LogP) is 2.01. The van der Waals surface area contributed by atoms with Gasteiger partial charge in [-0.15, -0.1) is 0 Å². The summed E-state index contributed by atoms with van der Waals surface area (Å²) >= 11 is 0. The van der Waals surface area contributed by atoms with Crippen molar-refractivity contribution >= 4 is 11.0 Å². The lowest BCUT2D eigenvalue weighted by Crippen LogP contribution is -1.78. The van der Waals surface area contributed by atoms with Gasteiger partial charge >= 0.3 is 0 Å². The highest BCUT2D eigenvalue weighted by molar-refractivity contribution is 5.75. The number of rotatable bonds is 0. The quantitative estimate of drug-likeness (QED) is 0.611. The van der Waals surface area contributed by atoms with E-state index in [9.17, 15) is 4.39 Å². The van der Waals surface area contributed by atoms with Gasteiger partial charge in [-0.2, -0.15) is 0 Å². The van der Waals surface area contributed by atoms with Crippen LogP contribution in [0.15, 0.2) is 18.5 Å². The van der Waals surface area contributed by atoms with E-state index >= 15 is 0 Å². The third kappa shape index (κ3) is 0.888. The molecule has 1 N–H and O–H groups in total. The molecular formula is C8H7FN2. The number of H-pyrrole nitrogens is 1. The molecule has 2 heterocycles. The van der Waals surface area contributed by atoms with Crippen molar-refractivity contribution in [1.82, 2.24) is 9.97 Å². The minimum absolute atomic E-state index is 0.292. The molecule has 0 unspecified atom stereocenters. The average Bonchev–Trinajstić information content (AvgIpc) is 2.32. The van der Waals surface area contributed by atoms with Gasteiger partial charge in [-0.05, 0) is 18.6 Å². The Morgan fingerprint density at radius 2 is 2.36 bits per heavy atom. The summed E-state index contributed by atoms with van der Waals surface area (Å²) in [6, 6.07) is 1.87. The highest BCUT2D eigenvalue weighted by Crippen LogP contribution is 2.14. The van der Waals surface area contributed by atoms with E-state index in [0.29, 0.717) is 5.52 Å². The highest BCUT2D eigenvalue weighted by atomic mass is 19.1. The number of fused-ring (bicyclic) bond motifs is 1. The van der Waals surface area contributed by atoms with E-state index in [0.717, 1.165) is 11.1 Å². The molecule has 0 atom stereocenters. The molecule has 0 aromatic carbocycles. The molecule has 0 saturated heterocycles. The average molecular weight is 150 g/mol. The zero-order valence-electron chi connectivity index (χ0n) is 6.06. The number of nitrogens with zero attached hydrogens (tertiary/aromatic N) is 1. The zero-order valence-corrected chi connectivity index (χ0v) is 6.06. The Morgan fingerprint density at radius 3 is 3.18 bits per heavy atom. The Bertz CT molecular complexity index is 392. The third-order valence-corrected chi connectivity index (χ3v) is 1.61. The maximum absolute atomic E-state index is 12.8. The molecule has 0 amide bonds. The molecule has 0 aliphatic carbocycles. The largest absolute Gasteiger partial charge is 0.357 e. The first-order valence-corrected chi connectivity index (χ1v) is 3.36. The van der Waals surface area contributed by atoms with Crippen molar-refractivity contribution in [3.8, 4) is 0 Å². The molecule has 2 rings (SSSR count). The van der Waals surface area contributed by atoms with Crippen molar-refractivity contribution in [3.63, 3.8) is 0 Å². The maximum atomic E-state index is 12.8. The number of aromatic amines is 1. The first-order chi connectivity index (χ1) is 5.27. The summed E-state index contributed by atoms with van der Waals surface area (Å²) in [5.74, 6) is -0.292. The first-order valence-electron chi connectivity index (χ1n) is 3.36. The molecule has 2 aromatic heterocycles. The number of hydrogen-bond donors (Lipinski definition) is 1. The Kier molecular flexibility index (Phi) is 1.18. The Labute approximate surface area is 63.1 Å². The second-order valence-electron chi connectivity index (χ2n) is 2.55. The maximum Gasteiger partial charge on any atom is 0.166 e. The fourth-order valence-corrected chi connectivity index (χ4v) is 1.08. The summed E-state index contributed by atoms with van der Waals surface area (Å²) in [6.45, 7) is 1.92. The van der Waals surface area contributed by atoms with Crippen LogP contribution in [0.25, 0.3) is 11.0 Å². The lowest BCUT2D eigenvalue weighted by atomic mass is 10.3. The molecule has 3 heteroatoms. The second kappa shape index (κ2) is 2.05. The fraction of sp³-hybridized carbons (Fsp3) is 0.125. The van der Waals surface area contributed by atoms with Crippen molar-refractivity contribution in [2.75, 3.05) is 0 Å². The predicted molar refractivity (Wildman–Crippen MR) is 40.8 cm³/mol. The van der Waals surface area contributed by atoms with Crippen molar-refractivity contribution in [1.29, 1.82) is 0 Å². The van der Waals surface area contributed by atoms with E-state index in [1.807, 2.05) is 13.0 Å². The van der Waals surface area contributed by atoms with Gasteiger partial charge in [-0.1, -0.05) is 0 Å². The van der Waals surface area contributed by atoms with E-state index in [4.69, 9.17) is 0 Å². The molecule has 0 saturated carbocycles. The van der Waals surface area contributed by atoms with Gasteiger partial charge in [0.2, 0.25) is 0 Å². The molecule has 56 valence electrons. The lowest BCUT2D eigenvalue weighted by Gasteiger charge is -1.90. The molecule has 0 bridgehead atoms. The van der Waals surface area contributed by atoms with Gasteiger partial charge < -0.3 is 4.98 Å². The molecule has 0 spiro atoms. The van der Waals surface area contributed by atoms with Crippen LogP contribution < -0.4 is 0 Å². The minimum Gasteiger partial charge on any atom is -0.357 e. The van der Waals surface area contributed by atoms with Crippen LogP contribution in [0, 0.1) is 12.7 Å². The standard InChI is InChI=1S/C8H7FN2/c1-5-2-7-8(11-3-5)6(9)4-10-7/h2-4,10H,1H3. The summed E-state index contributed by atoms with van der Waals surface area (Å²) in [5, 5.41) is 0. The number of aryl methyl sites for hydroxylation is 1. The number of nitrogens with one attached hydrogen (secondary N) is 1. The van der Waals surface area contributed by atoms with Gasteiger partial charge in [-0.25, -0.2) is 4.39 Å². The fourth-order valence-electron chi connectivity index (χ4n) is 1.08. The second-order valence-corrected chi connectivity index (χ2v) is 2.55. The number of halogens is 1. The van der Waals surface area contributed by atoms with Crippen molar-refractivity contribution < 1.29 is 4.39 Å². The van der Waals surface area contributed by atoms with E-state index in [-0.39, 0.29) is 5.82 Å². The molecule has 2 nitrogen and oxygen atoms in total. The van der Waals surface area contributed by atoms with Crippen LogP contribution in [0.5, 0.6) is 0 Å². The van der Waals surface area contributed by atoms with E-state index in [1.165, 1.54) is 6.20 Å². The molecule has 0 fully saturated rings. The van der Waals surface area contributed by atoms with Gasteiger partial charge in [-0.3, -0.25) is 4.98 Å². The van der Waals surface area contributed by atoms with Crippen molar-refractivity contribution in [3.05, 3.63) is 29.8 Å². The van der Waals surface area contributed by atoms with Crippen LogP contribution in [0.2, 0.25) is 0 Å². The highest BCUT2D eigenvalue weighted by Gasteiger charge is 2.02. The Balaban J connectivity index is 2.86. The molecule has 0 aliphatic rings. The van der Waals surface area contributed by atoms with Crippen molar-refractivity contribution in [2.24, 2.45) is 0 Å².